The SMILES string of the molecule is CCCCNC(=O)Nc1cc(C)c(Br)cn1. The Kier molecular flexibility index (Phi) is 5.25. The van der Waals surface area contributed by atoms with Crippen LogP contribution in [0.3, 0.4) is 0 Å². The lowest BCUT2D eigenvalue weighted by Gasteiger charge is -2.07. The third kappa shape index (κ3) is 4.18. The van der Waals surface area contributed by atoms with E-state index in [1.807, 2.05) is 13.0 Å². The maximum absolute atomic E-state index is 11.4. The van der Waals surface area contributed by atoms with Gasteiger partial charge in [-0.2, -0.15) is 0 Å². The van der Waals surface area contributed by atoms with E-state index in [1.54, 1.807) is 6.20 Å². The first-order valence-electron chi connectivity index (χ1n) is 5.30. The Bertz CT molecular complexity index is 368. The maximum atomic E-state index is 11.4. The van der Waals surface area contributed by atoms with Gasteiger partial charge < -0.3 is 5.32 Å². The zero-order valence-corrected chi connectivity index (χ0v) is 11.1. The predicted molar refractivity (Wildman–Crippen MR) is 68.6 cm³/mol. The number of hydrogen-bond acceptors (Lipinski definition) is 2. The Balaban J connectivity index is 2.46. The Labute approximate surface area is 104 Å². The van der Waals surface area contributed by atoms with Crippen LogP contribution in [0, 0.1) is 6.92 Å². The van der Waals surface area contributed by atoms with Gasteiger partial charge in [0.25, 0.3) is 0 Å². The molecule has 0 saturated heterocycles. The van der Waals surface area contributed by atoms with Gasteiger partial charge in [-0.15, -0.1) is 0 Å². The van der Waals surface area contributed by atoms with Crippen molar-refractivity contribution in [3.05, 3.63) is 22.3 Å². The van der Waals surface area contributed by atoms with E-state index < -0.39 is 0 Å². The number of rotatable bonds is 4. The number of hydrogen-bond donors (Lipinski definition) is 2. The molecule has 0 saturated carbocycles. The highest BCUT2D eigenvalue weighted by Gasteiger charge is 2.03. The molecule has 0 atom stereocenters. The molecule has 0 fully saturated rings. The van der Waals surface area contributed by atoms with Crippen molar-refractivity contribution >= 4 is 27.8 Å². The highest BCUT2D eigenvalue weighted by molar-refractivity contribution is 9.10. The quantitative estimate of drug-likeness (QED) is 0.836. The third-order valence-electron chi connectivity index (χ3n) is 2.10. The molecule has 0 aromatic carbocycles. The predicted octanol–water partition coefficient (Wildman–Crippen LogP) is 3.07. The first-order chi connectivity index (χ1) is 7.63. The summed E-state index contributed by atoms with van der Waals surface area (Å²) < 4.78 is 0.935. The van der Waals surface area contributed by atoms with Gasteiger partial charge in [0.05, 0.1) is 0 Å². The number of pyridine rings is 1. The molecule has 1 aromatic rings. The van der Waals surface area contributed by atoms with Crippen LogP contribution in [0.5, 0.6) is 0 Å². The van der Waals surface area contributed by atoms with Crippen molar-refractivity contribution < 1.29 is 4.79 Å². The Morgan fingerprint density at radius 3 is 2.94 bits per heavy atom. The van der Waals surface area contributed by atoms with Crippen molar-refractivity contribution in [2.75, 3.05) is 11.9 Å². The monoisotopic (exact) mass is 285 g/mol. The molecule has 2 N–H and O–H groups in total. The molecule has 0 aliphatic rings. The molecular weight excluding hydrogens is 270 g/mol. The number of anilines is 1. The Morgan fingerprint density at radius 2 is 2.31 bits per heavy atom. The number of unbranched alkanes of at least 4 members (excludes halogenated alkanes) is 1. The normalized spacial score (nSPS) is 9.94. The molecule has 0 aliphatic heterocycles. The molecule has 2 amide bonds. The van der Waals surface area contributed by atoms with Gasteiger partial charge in [-0.1, -0.05) is 13.3 Å². The largest absolute Gasteiger partial charge is 0.338 e. The average molecular weight is 286 g/mol. The second-order valence-electron chi connectivity index (χ2n) is 3.55. The Hall–Kier alpha value is -1.10. The van der Waals surface area contributed by atoms with Crippen LogP contribution in [-0.4, -0.2) is 17.6 Å². The minimum atomic E-state index is -0.206. The minimum Gasteiger partial charge on any atom is -0.338 e. The van der Waals surface area contributed by atoms with Gasteiger partial charge in [0.15, 0.2) is 0 Å². The molecule has 0 unspecified atom stereocenters. The van der Waals surface area contributed by atoms with Gasteiger partial charge in [0.1, 0.15) is 5.82 Å². The molecule has 0 radical (unpaired) electrons. The van der Waals surface area contributed by atoms with Crippen LogP contribution in [0.15, 0.2) is 16.7 Å². The molecule has 16 heavy (non-hydrogen) atoms. The second kappa shape index (κ2) is 6.48. The molecule has 0 aliphatic carbocycles. The van der Waals surface area contributed by atoms with E-state index in [0.29, 0.717) is 12.4 Å². The maximum Gasteiger partial charge on any atom is 0.320 e. The number of nitrogens with one attached hydrogen (secondary N) is 2. The van der Waals surface area contributed by atoms with Gasteiger partial charge in [0.2, 0.25) is 0 Å². The van der Waals surface area contributed by atoms with E-state index in [0.717, 1.165) is 22.9 Å². The molecule has 5 heteroatoms. The Morgan fingerprint density at radius 1 is 1.56 bits per heavy atom. The average Bonchev–Trinajstić information content (AvgIpc) is 2.24. The fourth-order valence-corrected chi connectivity index (χ4v) is 1.36. The molecule has 1 rings (SSSR count). The number of urea groups is 1. The number of aromatic nitrogens is 1. The van der Waals surface area contributed by atoms with E-state index in [-0.39, 0.29) is 6.03 Å². The number of amides is 2. The van der Waals surface area contributed by atoms with Crippen LogP contribution in [-0.2, 0) is 0 Å². The van der Waals surface area contributed by atoms with Crippen LogP contribution in [0.2, 0.25) is 0 Å². The van der Waals surface area contributed by atoms with E-state index in [1.165, 1.54) is 0 Å². The van der Waals surface area contributed by atoms with Crippen molar-refractivity contribution in [2.45, 2.75) is 26.7 Å². The zero-order valence-electron chi connectivity index (χ0n) is 9.51. The van der Waals surface area contributed by atoms with Crippen LogP contribution in [0.1, 0.15) is 25.3 Å². The van der Waals surface area contributed by atoms with E-state index in [2.05, 4.69) is 38.5 Å². The van der Waals surface area contributed by atoms with Gasteiger partial charge in [-0.3, -0.25) is 5.32 Å². The topological polar surface area (TPSA) is 54.0 Å². The minimum absolute atomic E-state index is 0.206. The number of carbonyl (C=O) groups is 1. The highest BCUT2D eigenvalue weighted by Crippen LogP contribution is 2.16. The summed E-state index contributed by atoms with van der Waals surface area (Å²) in [6, 6.07) is 1.62. The van der Waals surface area contributed by atoms with Crippen LogP contribution in [0.25, 0.3) is 0 Å². The van der Waals surface area contributed by atoms with Gasteiger partial charge in [-0.25, -0.2) is 9.78 Å². The zero-order chi connectivity index (χ0) is 12.0. The van der Waals surface area contributed by atoms with Gasteiger partial charge >= 0.3 is 6.03 Å². The van der Waals surface area contributed by atoms with Crippen molar-refractivity contribution in [1.82, 2.24) is 10.3 Å². The molecule has 1 heterocycles. The first-order valence-corrected chi connectivity index (χ1v) is 6.09. The summed E-state index contributed by atoms with van der Waals surface area (Å²) in [5.74, 6) is 0.565. The fraction of sp³-hybridized carbons (Fsp3) is 0.455. The van der Waals surface area contributed by atoms with Crippen molar-refractivity contribution in [3.63, 3.8) is 0 Å². The summed E-state index contributed by atoms with van der Waals surface area (Å²) in [5, 5.41) is 5.45. The fourth-order valence-electron chi connectivity index (χ4n) is 1.15. The molecule has 88 valence electrons. The van der Waals surface area contributed by atoms with Crippen LogP contribution in [0.4, 0.5) is 10.6 Å². The number of aryl methyl sites for hydroxylation is 1. The van der Waals surface area contributed by atoms with E-state index >= 15 is 0 Å². The summed E-state index contributed by atoms with van der Waals surface area (Å²) in [4.78, 5) is 15.5. The lowest BCUT2D eigenvalue weighted by atomic mass is 10.3. The van der Waals surface area contributed by atoms with Gasteiger partial charge in [0, 0.05) is 17.2 Å². The van der Waals surface area contributed by atoms with Crippen molar-refractivity contribution in [1.29, 1.82) is 0 Å². The summed E-state index contributed by atoms with van der Waals surface area (Å²) in [6.07, 6.45) is 3.73. The van der Waals surface area contributed by atoms with Crippen LogP contribution < -0.4 is 10.6 Å². The molecule has 4 nitrogen and oxygen atoms in total. The summed E-state index contributed by atoms with van der Waals surface area (Å²) >= 11 is 3.36. The summed E-state index contributed by atoms with van der Waals surface area (Å²) in [5.41, 5.74) is 1.04. The number of nitrogens with zero attached hydrogens (tertiary/aromatic N) is 1. The number of halogens is 1. The number of carbonyl (C=O) groups excluding carboxylic acids is 1. The lowest BCUT2D eigenvalue weighted by Crippen LogP contribution is -2.29. The van der Waals surface area contributed by atoms with E-state index in [9.17, 15) is 4.79 Å². The van der Waals surface area contributed by atoms with Crippen molar-refractivity contribution in [2.24, 2.45) is 0 Å². The highest BCUT2D eigenvalue weighted by atomic mass is 79.9. The molecule has 0 bridgehead atoms. The third-order valence-corrected chi connectivity index (χ3v) is 2.93. The molecule has 1 aromatic heterocycles. The molecule has 0 spiro atoms. The summed E-state index contributed by atoms with van der Waals surface area (Å²) in [7, 11) is 0. The molecular formula is C11H16BrN3O. The standard InChI is InChI=1S/C11H16BrN3O/c1-3-4-5-13-11(16)15-10-6-8(2)9(12)7-14-10/h6-7H,3-5H2,1-2H3,(H2,13,14,15,16). The second-order valence-corrected chi connectivity index (χ2v) is 4.41. The van der Waals surface area contributed by atoms with Crippen LogP contribution >= 0.6 is 15.9 Å². The van der Waals surface area contributed by atoms with Gasteiger partial charge in [-0.05, 0) is 40.9 Å². The lowest BCUT2D eigenvalue weighted by molar-refractivity contribution is 0.252. The smallest absolute Gasteiger partial charge is 0.320 e. The van der Waals surface area contributed by atoms with Crippen molar-refractivity contribution in [3.8, 4) is 0 Å². The first kappa shape index (κ1) is 13.0. The summed E-state index contributed by atoms with van der Waals surface area (Å²) in [6.45, 7) is 4.73. The van der Waals surface area contributed by atoms with E-state index in [4.69, 9.17) is 0 Å².